The quantitative estimate of drug-likeness (QED) is 0.615. The molecule has 0 aromatic heterocycles. The maximum absolute atomic E-state index is 9.00. The lowest BCUT2D eigenvalue weighted by atomic mass is 11.7. The van der Waals surface area contributed by atoms with Crippen LogP contribution in [-0.4, -0.2) is 32.9 Å². The molecule has 0 aliphatic carbocycles. The highest BCUT2D eigenvalue weighted by Gasteiger charge is 2.31. The number of aliphatic hydroxyl groups is 1. The van der Waals surface area contributed by atoms with E-state index in [-0.39, 0.29) is 6.23 Å². The summed E-state index contributed by atoms with van der Waals surface area (Å²) >= 11 is 3.43. The van der Waals surface area contributed by atoms with Crippen molar-refractivity contribution in [2.45, 2.75) is 26.2 Å². The van der Waals surface area contributed by atoms with Crippen LogP contribution in [0.15, 0.2) is 0 Å². The van der Waals surface area contributed by atoms with Gasteiger partial charge in [0.05, 0.1) is 6.23 Å². The molecule has 68 valence electrons. The molecule has 2 nitrogen and oxygen atoms in total. The molecule has 0 radical (unpaired) electrons. The lowest BCUT2D eigenvalue weighted by Crippen LogP contribution is -2.48. The molecule has 0 aromatic carbocycles. The van der Waals surface area contributed by atoms with E-state index in [1.54, 1.807) is 0 Å². The molecule has 0 amide bonds. The Bertz CT molecular complexity index is 114. The Hall–Kier alpha value is 0.834. The second kappa shape index (κ2) is 4.18. The van der Waals surface area contributed by atoms with Crippen LogP contribution in [0.1, 0.15) is 0 Å². The summed E-state index contributed by atoms with van der Waals surface area (Å²) in [5.41, 5.74) is 0. The number of halogens is 1. The maximum atomic E-state index is 9.00. The van der Waals surface area contributed by atoms with Crippen LogP contribution in [-0.2, 0) is 4.12 Å². The summed E-state index contributed by atoms with van der Waals surface area (Å²) in [6, 6.07) is 0. The van der Waals surface area contributed by atoms with Gasteiger partial charge in [-0.3, -0.25) is 0 Å². The molecule has 0 aliphatic rings. The van der Waals surface area contributed by atoms with Gasteiger partial charge in [-0.2, -0.15) is 0 Å². The molecule has 0 heterocycles. The number of alkyl halides is 1. The van der Waals surface area contributed by atoms with Crippen LogP contribution in [0.4, 0.5) is 0 Å². The van der Waals surface area contributed by atoms with E-state index in [2.05, 4.69) is 29.0 Å². The molecule has 11 heavy (non-hydrogen) atoms. The summed E-state index contributed by atoms with van der Waals surface area (Å²) < 4.78 is 5.90. The molecule has 0 saturated heterocycles. The van der Waals surface area contributed by atoms with Crippen LogP contribution in [0.3, 0.4) is 0 Å². The normalized spacial score (nSPS) is 13.6. The average molecular weight is 257 g/mol. The Morgan fingerprint density at radius 2 is 1.64 bits per heavy atom. The Balaban J connectivity index is 4.02. The molecule has 0 unspecified atom stereocenters. The fourth-order valence-electron chi connectivity index (χ4n) is 0.808. The van der Waals surface area contributed by atoms with E-state index in [9.17, 15) is 0 Å². The number of rotatable bonds is 4. The van der Waals surface area contributed by atoms with Crippen molar-refractivity contribution in [3.63, 3.8) is 0 Å². The van der Waals surface area contributed by atoms with Gasteiger partial charge in [-0.15, -0.1) is 0 Å². The Labute approximate surface area is 79.3 Å². The molecule has 0 rings (SSSR count). The first-order chi connectivity index (χ1) is 4.83. The van der Waals surface area contributed by atoms with Crippen molar-refractivity contribution in [2.24, 2.45) is 0 Å². The summed E-state index contributed by atoms with van der Waals surface area (Å²) in [5.74, 6) is 0. The van der Waals surface area contributed by atoms with Gasteiger partial charge >= 0.3 is 0 Å². The monoisotopic (exact) mass is 256 g/mol. The second-order valence-corrected chi connectivity index (χ2v) is 14.0. The molecule has 0 aliphatic heterocycles. The van der Waals surface area contributed by atoms with E-state index in [0.29, 0.717) is 0 Å². The average Bonchev–Trinajstić information content (AvgIpc) is 1.86. The Morgan fingerprint density at radius 3 is 1.91 bits per heavy atom. The predicted molar refractivity (Wildman–Crippen MR) is 56.9 cm³/mol. The summed E-state index contributed by atoms with van der Waals surface area (Å²) in [5, 5.41) is 9.00. The van der Waals surface area contributed by atoms with Gasteiger partial charge in [-0.25, -0.2) is 0 Å². The minimum absolute atomic E-state index is 0.219. The van der Waals surface area contributed by atoms with E-state index in [1.165, 1.54) is 0 Å². The SMILES string of the molecule is C[Si](C)(CO)O[Si](C)(C)CBr. The molecular weight excluding hydrogens is 240 g/mol. The van der Waals surface area contributed by atoms with Crippen molar-refractivity contribution < 1.29 is 9.22 Å². The van der Waals surface area contributed by atoms with Gasteiger partial charge in [0.1, 0.15) is 0 Å². The minimum atomic E-state index is -1.75. The Morgan fingerprint density at radius 1 is 1.18 bits per heavy atom. The third kappa shape index (κ3) is 5.13. The zero-order chi connectivity index (χ0) is 9.12. The van der Waals surface area contributed by atoms with Crippen molar-refractivity contribution in [3.8, 4) is 0 Å². The highest BCUT2D eigenvalue weighted by atomic mass is 79.9. The van der Waals surface area contributed by atoms with Crippen molar-refractivity contribution >= 4 is 32.6 Å². The van der Waals surface area contributed by atoms with Crippen LogP contribution in [0.5, 0.6) is 0 Å². The fraction of sp³-hybridized carbons (Fsp3) is 1.00. The molecular formula is C6H17BrO2Si2. The third-order valence-electron chi connectivity index (χ3n) is 1.26. The predicted octanol–water partition coefficient (Wildman–Crippen LogP) is 1.88. The van der Waals surface area contributed by atoms with Crippen molar-refractivity contribution in [2.75, 3.05) is 11.2 Å². The van der Waals surface area contributed by atoms with Gasteiger partial charge in [-0.1, -0.05) is 15.9 Å². The first-order valence-corrected chi connectivity index (χ1v) is 11.1. The van der Waals surface area contributed by atoms with Gasteiger partial charge in [-0.05, 0) is 26.2 Å². The molecule has 0 atom stereocenters. The lowest BCUT2D eigenvalue weighted by molar-refractivity contribution is 0.333. The topological polar surface area (TPSA) is 29.5 Å². The van der Waals surface area contributed by atoms with Gasteiger partial charge in [0.2, 0.25) is 0 Å². The zero-order valence-corrected chi connectivity index (χ0v) is 11.2. The molecule has 1 N–H and O–H groups in total. The number of hydrogen-bond acceptors (Lipinski definition) is 2. The lowest BCUT2D eigenvalue weighted by Gasteiger charge is -2.31. The van der Waals surface area contributed by atoms with Crippen LogP contribution in [0, 0.1) is 0 Å². The summed E-state index contributed by atoms with van der Waals surface area (Å²) in [6.07, 6.45) is 0.219. The zero-order valence-electron chi connectivity index (χ0n) is 7.65. The standard InChI is InChI=1S/C6H17BrO2Si2/c1-10(2,5-7)9-11(3,4)6-8/h8H,5-6H2,1-4H3. The summed E-state index contributed by atoms with van der Waals surface area (Å²) in [4.78, 5) is 0.941. The van der Waals surface area contributed by atoms with Crippen LogP contribution in [0.25, 0.3) is 0 Å². The minimum Gasteiger partial charge on any atom is -0.453 e. The van der Waals surface area contributed by atoms with Crippen molar-refractivity contribution in [3.05, 3.63) is 0 Å². The van der Waals surface area contributed by atoms with Crippen LogP contribution < -0.4 is 0 Å². The van der Waals surface area contributed by atoms with E-state index in [0.717, 1.165) is 4.95 Å². The molecule has 0 fully saturated rings. The largest absolute Gasteiger partial charge is 0.453 e. The van der Waals surface area contributed by atoms with Gasteiger partial charge in [0.25, 0.3) is 0 Å². The van der Waals surface area contributed by atoms with Gasteiger partial charge in [0.15, 0.2) is 16.6 Å². The number of aliphatic hydroxyl groups excluding tert-OH is 1. The molecule has 5 heteroatoms. The van der Waals surface area contributed by atoms with E-state index < -0.39 is 16.6 Å². The highest BCUT2D eigenvalue weighted by Crippen LogP contribution is 2.15. The third-order valence-corrected chi connectivity index (χ3v) is 11.1. The van der Waals surface area contributed by atoms with Crippen molar-refractivity contribution in [1.29, 1.82) is 0 Å². The van der Waals surface area contributed by atoms with E-state index >= 15 is 0 Å². The Kier molecular flexibility index (Phi) is 4.50. The first kappa shape index (κ1) is 11.8. The maximum Gasteiger partial charge on any atom is 0.199 e. The summed E-state index contributed by atoms with van der Waals surface area (Å²) in [6.45, 7) is 8.41. The number of hydrogen-bond donors (Lipinski definition) is 1. The molecule has 0 saturated carbocycles. The first-order valence-electron chi connectivity index (χ1n) is 3.70. The van der Waals surface area contributed by atoms with Gasteiger partial charge in [0, 0.05) is 4.95 Å². The second-order valence-electron chi connectivity index (χ2n) is 3.91. The molecule has 0 spiro atoms. The highest BCUT2D eigenvalue weighted by molar-refractivity contribution is 9.09. The van der Waals surface area contributed by atoms with Crippen LogP contribution >= 0.6 is 15.9 Å². The van der Waals surface area contributed by atoms with Crippen LogP contribution in [0.2, 0.25) is 26.2 Å². The summed E-state index contributed by atoms with van der Waals surface area (Å²) in [7, 11) is -3.26. The molecule has 0 bridgehead atoms. The fourth-order valence-corrected chi connectivity index (χ4v) is 8.30. The smallest absolute Gasteiger partial charge is 0.199 e. The van der Waals surface area contributed by atoms with Crippen molar-refractivity contribution in [1.82, 2.24) is 0 Å². The molecule has 0 aromatic rings. The van der Waals surface area contributed by atoms with Gasteiger partial charge < -0.3 is 9.22 Å². The van der Waals surface area contributed by atoms with E-state index in [4.69, 9.17) is 9.22 Å². The van der Waals surface area contributed by atoms with E-state index in [1.807, 2.05) is 13.1 Å².